The summed E-state index contributed by atoms with van der Waals surface area (Å²) in [5, 5.41) is 2.95. The van der Waals surface area contributed by atoms with Crippen molar-refractivity contribution in [2.75, 3.05) is 13.1 Å². The van der Waals surface area contributed by atoms with Gasteiger partial charge in [0.05, 0.1) is 17.1 Å². The first-order chi connectivity index (χ1) is 14.0. The van der Waals surface area contributed by atoms with Crippen LogP contribution >= 0.6 is 11.8 Å². The predicted octanol–water partition coefficient (Wildman–Crippen LogP) is 3.88. The van der Waals surface area contributed by atoms with Gasteiger partial charge in [-0.05, 0) is 26.0 Å². The van der Waals surface area contributed by atoms with Crippen molar-refractivity contribution in [3.05, 3.63) is 66.4 Å². The van der Waals surface area contributed by atoms with E-state index in [1.807, 2.05) is 62.5 Å². The Bertz CT molecular complexity index is 1030. The Morgan fingerprint density at radius 3 is 2.52 bits per heavy atom. The first kappa shape index (κ1) is 19.3. The van der Waals surface area contributed by atoms with Crippen LogP contribution < -0.4 is 5.32 Å². The van der Waals surface area contributed by atoms with Crippen molar-refractivity contribution in [1.82, 2.24) is 19.8 Å². The second kappa shape index (κ2) is 8.13. The van der Waals surface area contributed by atoms with E-state index in [0.717, 1.165) is 16.9 Å². The fourth-order valence-electron chi connectivity index (χ4n) is 3.28. The summed E-state index contributed by atoms with van der Waals surface area (Å²) in [6, 6.07) is 17.9. The molecule has 1 atom stereocenters. The third-order valence-electron chi connectivity index (χ3n) is 4.84. The molecule has 2 heterocycles. The van der Waals surface area contributed by atoms with E-state index < -0.39 is 5.25 Å². The Morgan fingerprint density at radius 1 is 1.14 bits per heavy atom. The van der Waals surface area contributed by atoms with Crippen molar-refractivity contribution in [2.24, 2.45) is 0 Å². The van der Waals surface area contributed by atoms with Gasteiger partial charge in [0.2, 0.25) is 5.91 Å². The molecule has 3 aromatic rings. The van der Waals surface area contributed by atoms with Gasteiger partial charge < -0.3 is 5.32 Å². The number of rotatable bonds is 5. The zero-order chi connectivity index (χ0) is 20.4. The quantitative estimate of drug-likeness (QED) is 0.653. The maximum absolute atomic E-state index is 12.7. The second-order valence-corrected chi connectivity index (χ2v) is 8.25. The Balaban J connectivity index is 1.70. The van der Waals surface area contributed by atoms with E-state index in [4.69, 9.17) is 0 Å². The number of aryl methyl sites for hydroxylation is 1. The number of amides is 3. The van der Waals surface area contributed by atoms with Crippen molar-refractivity contribution in [1.29, 1.82) is 0 Å². The highest BCUT2D eigenvalue weighted by Crippen LogP contribution is 2.32. The van der Waals surface area contributed by atoms with Crippen LogP contribution in [0.5, 0.6) is 0 Å². The van der Waals surface area contributed by atoms with E-state index in [1.165, 1.54) is 22.2 Å². The number of aromatic nitrogens is 2. The summed E-state index contributed by atoms with van der Waals surface area (Å²) >= 11 is 1.36. The van der Waals surface area contributed by atoms with Crippen LogP contribution in [0.1, 0.15) is 12.5 Å². The fourth-order valence-corrected chi connectivity index (χ4v) is 4.25. The second-order valence-electron chi connectivity index (χ2n) is 6.94. The molecular formula is C22H22N4O2S. The minimum Gasteiger partial charge on any atom is -0.336 e. The number of imide groups is 1. The molecule has 6 nitrogen and oxygen atoms in total. The molecule has 7 heteroatoms. The summed E-state index contributed by atoms with van der Waals surface area (Å²) in [5.74, 6) is -0.204. The van der Waals surface area contributed by atoms with E-state index >= 15 is 0 Å². The number of urea groups is 1. The van der Waals surface area contributed by atoms with Gasteiger partial charge in [-0.25, -0.2) is 9.78 Å². The third-order valence-corrected chi connectivity index (χ3v) is 5.90. The Kier molecular flexibility index (Phi) is 5.40. The molecule has 4 rings (SSSR count). The number of hydrogen-bond donors (Lipinski definition) is 1. The molecule has 1 aromatic heterocycles. The molecule has 1 aliphatic heterocycles. The van der Waals surface area contributed by atoms with Gasteiger partial charge in [0.25, 0.3) is 0 Å². The summed E-state index contributed by atoms with van der Waals surface area (Å²) < 4.78 is 2.06. The Labute approximate surface area is 173 Å². The van der Waals surface area contributed by atoms with Gasteiger partial charge in [-0.2, -0.15) is 0 Å². The third kappa shape index (κ3) is 3.91. The number of nitrogens with one attached hydrogen (secondary N) is 1. The van der Waals surface area contributed by atoms with E-state index in [2.05, 4.69) is 27.0 Å². The van der Waals surface area contributed by atoms with Crippen molar-refractivity contribution < 1.29 is 9.59 Å². The zero-order valence-electron chi connectivity index (χ0n) is 16.3. The lowest BCUT2D eigenvalue weighted by atomic mass is 10.1. The number of hydrogen-bond acceptors (Lipinski definition) is 4. The minimum absolute atomic E-state index is 0.204. The summed E-state index contributed by atoms with van der Waals surface area (Å²) in [6.07, 6.45) is 1.83. The topological polar surface area (TPSA) is 67.2 Å². The highest BCUT2D eigenvalue weighted by Gasteiger charge is 2.31. The first-order valence-electron chi connectivity index (χ1n) is 9.50. The molecule has 148 valence electrons. The molecule has 1 unspecified atom stereocenters. The van der Waals surface area contributed by atoms with Crippen molar-refractivity contribution in [2.45, 2.75) is 24.3 Å². The summed E-state index contributed by atoms with van der Waals surface area (Å²) in [4.78, 5) is 30.5. The summed E-state index contributed by atoms with van der Waals surface area (Å²) in [7, 11) is 0. The van der Waals surface area contributed by atoms with Gasteiger partial charge >= 0.3 is 6.03 Å². The Morgan fingerprint density at radius 2 is 1.86 bits per heavy atom. The number of thioether (sulfide) groups is 1. The standard InChI is InChI=1S/C22H22N4O2S/c1-15-8-10-18(11-9-15)26-19(17-6-4-3-5-7-17)14-24-22(26)29-16(2)20(27)25-13-12-23-21(25)28/h3-11,14,16H,12-13H2,1-2H3,(H,23,28). The number of nitrogens with zero attached hydrogens (tertiary/aromatic N) is 3. The number of benzene rings is 2. The molecule has 1 aliphatic rings. The van der Waals surface area contributed by atoms with E-state index in [0.29, 0.717) is 18.2 Å². The number of carbonyl (C=O) groups is 2. The highest BCUT2D eigenvalue weighted by atomic mass is 32.2. The molecule has 1 N–H and O–H groups in total. The summed E-state index contributed by atoms with van der Waals surface area (Å²) in [5.41, 5.74) is 4.15. The predicted molar refractivity (Wildman–Crippen MR) is 114 cm³/mol. The number of imidazole rings is 1. The van der Waals surface area contributed by atoms with Crippen LogP contribution in [0.25, 0.3) is 16.9 Å². The molecule has 0 spiro atoms. The molecule has 0 saturated carbocycles. The van der Waals surface area contributed by atoms with Gasteiger partial charge in [0.15, 0.2) is 5.16 Å². The number of carbonyl (C=O) groups excluding carboxylic acids is 2. The SMILES string of the molecule is Cc1ccc(-n2c(-c3ccccc3)cnc2SC(C)C(=O)N2CCNC2=O)cc1. The van der Waals surface area contributed by atoms with Crippen molar-refractivity contribution >= 4 is 23.7 Å². The molecule has 29 heavy (non-hydrogen) atoms. The average molecular weight is 407 g/mol. The average Bonchev–Trinajstić information content (AvgIpc) is 3.35. The lowest BCUT2D eigenvalue weighted by molar-refractivity contribution is -0.126. The van der Waals surface area contributed by atoms with Crippen LogP contribution in [-0.2, 0) is 4.79 Å². The fraction of sp³-hybridized carbons (Fsp3) is 0.227. The molecule has 1 fully saturated rings. The van der Waals surface area contributed by atoms with Crippen molar-refractivity contribution in [3.63, 3.8) is 0 Å². The van der Waals surface area contributed by atoms with Gasteiger partial charge in [-0.3, -0.25) is 14.3 Å². The smallest absolute Gasteiger partial charge is 0.324 e. The van der Waals surface area contributed by atoms with Gasteiger partial charge in [0.1, 0.15) is 0 Å². The molecule has 2 aromatic carbocycles. The maximum atomic E-state index is 12.7. The van der Waals surface area contributed by atoms with E-state index in [9.17, 15) is 9.59 Å². The van der Waals surface area contributed by atoms with Crippen LogP contribution in [0, 0.1) is 6.92 Å². The van der Waals surface area contributed by atoms with E-state index in [-0.39, 0.29) is 11.9 Å². The molecule has 3 amide bonds. The Hall–Kier alpha value is -3.06. The van der Waals surface area contributed by atoms with Gasteiger partial charge in [-0.15, -0.1) is 0 Å². The van der Waals surface area contributed by atoms with Crippen molar-refractivity contribution in [3.8, 4) is 16.9 Å². The highest BCUT2D eigenvalue weighted by molar-refractivity contribution is 8.00. The van der Waals surface area contributed by atoms with Crippen LogP contribution in [0.3, 0.4) is 0 Å². The van der Waals surface area contributed by atoms with Crippen LogP contribution in [0.4, 0.5) is 4.79 Å². The van der Waals surface area contributed by atoms with Gasteiger partial charge in [0, 0.05) is 24.3 Å². The van der Waals surface area contributed by atoms with Crippen LogP contribution in [0.2, 0.25) is 0 Å². The normalized spacial score (nSPS) is 14.7. The lowest BCUT2D eigenvalue weighted by Gasteiger charge is -2.18. The van der Waals surface area contributed by atoms with Crippen LogP contribution in [-0.4, -0.2) is 44.7 Å². The summed E-state index contributed by atoms with van der Waals surface area (Å²) in [6.45, 7) is 4.77. The van der Waals surface area contributed by atoms with Crippen LogP contribution in [0.15, 0.2) is 66.0 Å². The molecule has 0 aliphatic carbocycles. The monoisotopic (exact) mass is 406 g/mol. The molecule has 1 saturated heterocycles. The lowest BCUT2D eigenvalue weighted by Crippen LogP contribution is -2.39. The molecule has 0 bridgehead atoms. The zero-order valence-corrected chi connectivity index (χ0v) is 17.1. The maximum Gasteiger partial charge on any atom is 0.324 e. The molecule has 0 radical (unpaired) electrons. The van der Waals surface area contributed by atoms with Gasteiger partial charge in [-0.1, -0.05) is 59.8 Å². The minimum atomic E-state index is -0.436. The first-order valence-corrected chi connectivity index (χ1v) is 10.4. The largest absolute Gasteiger partial charge is 0.336 e. The molecular weight excluding hydrogens is 384 g/mol. The van der Waals surface area contributed by atoms with E-state index in [1.54, 1.807) is 0 Å².